The maximum atomic E-state index is 11.9. The highest BCUT2D eigenvalue weighted by Gasteiger charge is 2.20. The van der Waals surface area contributed by atoms with Crippen LogP contribution in [0, 0.1) is 5.92 Å². The number of fused-ring (bicyclic) bond motifs is 1. The van der Waals surface area contributed by atoms with E-state index in [1.54, 1.807) is 24.3 Å². The molecule has 3 aromatic rings. The minimum atomic E-state index is -3.52. The molecule has 0 saturated heterocycles. The molecule has 0 saturated carbocycles. The van der Waals surface area contributed by atoms with E-state index >= 15 is 0 Å². The molecule has 0 radical (unpaired) electrons. The summed E-state index contributed by atoms with van der Waals surface area (Å²) in [4.78, 5) is 0. The van der Waals surface area contributed by atoms with Gasteiger partial charge in [-0.2, -0.15) is 0 Å². The molecule has 0 fully saturated rings. The van der Waals surface area contributed by atoms with Gasteiger partial charge in [-0.25, -0.2) is 8.42 Å². The highest BCUT2D eigenvalue weighted by molar-refractivity contribution is 7.92. The number of hydrogen-bond donors (Lipinski definition) is 4. The topological polar surface area (TPSA) is 117 Å². The molecule has 0 aromatic heterocycles. The van der Waals surface area contributed by atoms with Crippen molar-refractivity contribution in [2.24, 2.45) is 5.92 Å². The van der Waals surface area contributed by atoms with Gasteiger partial charge in [0.1, 0.15) is 30.1 Å². The van der Waals surface area contributed by atoms with Gasteiger partial charge < -0.3 is 19.7 Å². The Hall–Kier alpha value is -3.27. The lowest BCUT2D eigenvalue weighted by Gasteiger charge is -2.26. The minimum absolute atomic E-state index is 0.248. The molecule has 0 amide bonds. The van der Waals surface area contributed by atoms with Crippen LogP contribution in [-0.4, -0.2) is 44.3 Å². The minimum Gasteiger partial charge on any atom is -0.508 e. The number of aliphatic hydroxyl groups excluding tert-OH is 1. The lowest BCUT2D eigenvalue weighted by atomic mass is 9.84. The second-order valence-electron chi connectivity index (χ2n) is 9.43. The second kappa shape index (κ2) is 12.3. The summed E-state index contributed by atoms with van der Waals surface area (Å²) in [5, 5.41) is 23.3. The van der Waals surface area contributed by atoms with Crippen molar-refractivity contribution in [2.45, 2.75) is 38.5 Å². The van der Waals surface area contributed by atoms with E-state index < -0.39 is 16.3 Å². The van der Waals surface area contributed by atoms with Crippen LogP contribution in [0.5, 0.6) is 17.2 Å². The predicted molar refractivity (Wildman–Crippen MR) is 143 cm³/mol. The Kier molecular flexibility index (Phi) is 8.91. The van der Waals surface area contributed by atoms with Gasteiger partial charge in [-0.1, -0.05) is 36.4 Å². The molecule has 1 unspecified atom stereocenters. The molecule has 0 aliphatic heterocycles. The van der Waals surface area contributed by atoms with E-state index in [9.17, 15) is 18.6 Å². The number of phenolic OH excluding ortho intramolecular Hbond substituents is 1. The van der Waals surface area contributed by atoms with Crippen LogP contribution in [0.2, 0.25) is 0 Å². The van der Waals surface area contributed by atoms with E-state index in [-0.39, 0.29) is 12.4 Å². The molecule has 8 nitrogen and oxygen atoms in total. The summed E-state index contributed by atoms with van der Waals surface area (Å²) in [7, 11) is -3.52. The molecule has 1 aliphatic rings. The lowest BCUT2D eigenvalue weighted by Crippen LogP contribution is -2.36. The standard InChI is InChI=1S/C28H34N2O6S/c1-37(33,34)30-26-17-25(11-12-27(26)36-19-20-5-3-2-4-6-20)35-14-13-28(32)29-18-21-7-8-22-9-10-24(31)16-23(22)15-21/h2-6,9-12,16-17,21,28-32H,7-8,13-15,18-19H2,1H3/t21-,28?/m0/s1. The molecule has 37 heavy (non-hydrogen) atoms. The SMILES string of the molecule is CS(=O)(=O)Nc1cc(OCCC(O)NC[C@H]2CCc3ccc(O)cc3C2)ccc1OCc1ccccc1. The number of aliphatic hydroxyl groups is 1. The normalized spacial score (nSPS) is 16.0. The molecule has 3 aromatic carbocycles. The third-order valence-electron chi connectivity index (χ3n) is 6.31. The maximum absolute atomic E-state index is 11.9. The predicted octanol–water partition coefficient (Wildman–Crippen LogP) is 3.82. The number of sulfonamides is 1. The smallest absolute Gasteiger partial charge is 0.229 e. The molecular weight excluding hydrogens is 492 g/mol. The van der Waals surface area contributed by atoms with Gasteiger partial charge in [0.25, 0.3) is 0 Å². The summed E-state index contributed by atoms with van der Waals surface area (Å²) >= 11 is 0. The van der Waals surface area contributed by atoms with Gasteiger partial charge in [0.05, 0.1) is 18.6 Å². The zero-order valence-electron chi connectivity index (χ0n) is 20.9. The summed E-state index contributed by atoms with van der Waals surface area (Å²) in [5.74, 6) is 1.54. The zero-order chi connectivity index (χ0) is 26.3. The molecule has 198 valence electrons. The van der Waals surface area contributed by atoms with Crippen molar-refractivity contribution >= 4 is 15.7 Å². The fraction of sp³-hybridized carbons (Fsp3) is 0.357. The number of rotatable bonds is 12. The van der Waals surface area contributed by atoms with Crippen molar-refractivity contribution in [3.8, 4) is 17.2 Å². The van der Waals surface area contributed by atoms with Gasteiger partial charge in [-0.05, 0) is 66.1 Å². The van der Waals surface area contributed by atoms with Crippen molar-refractivity contribution in [1.29, 1.82) is 0 Å². The Morgan fingerprint density at radius 1 is 1.03 bits per heavy atom. The van der Waals surface area contributed by atoms with Gasteiger partial charge in [-0.15, -0.1) is 0 Å². The summed E-state index contributed by atoms with van der Waals surface area (Å²) < 4.78 is 37.8. The quantitative estimate of drug-likeness (QED) is 0.265. The average molecular weight is 527 g/mol. The molecule has 2 atom stereocenters. The van der Waals surface area contributed by atoms with E-state index in [1.807, 2.05) is 42.5 Å². The Morgan fingerprint density at radius 3 is 2.62 bits per heavy atom. The lowest BCUT2D eigenvalue weighted by molar-refractivity contribution is 0.102. The van der Waals surface area contributed by atoms with E-state index in [1.165, 1.54) is 11.1 Å². The van der Waals surface area contributed by atoms with Crippen molar-refractivity contribution < 1.29 is 28.1 Å². The average Bonchev–Trinajstić information content (AvgIpc) is 2.86. The third kappa shape index (κ3) is 8.38. The third-order valence-corrected chi connectivity index (χ3v) is 6.90. The summed E-state index contributed by atoms with van der Waals surface area (Å²) in [5.41, 5.74) is 3.71. The van der Waals surface area contributed by atoms with Crippen LogP contribution in [0.3, 0.4) is 0 Å². The van der Waals surface area contributed by atoms with Crippen LogP contribution >= 0.6 is 0 Å². The number of hydrogen-bond acceptors (Lipinski definition) is 7. The van der Waals surface area contributed by atoms with Crippen molar-refractivity contribution in [2.75, 3.05) is 24.1 Å². The second-order valence-corrected chi connectivity index (χ2v) is 11.2. The number of benzene rings is 3. The highest BCUT2D eigenvalue weighted by atomic mass is 32.2. The number of ether oxygens (including phenoxy) is 2. The molecule has 1 aliphatic carbocycles. The highest BCUT2D eigenvalue weighted by Crippen LogP contribution is 2.31. The van der Waals surface area contributed by atoms with Crippen LogP contribution in [0.4, 0.5) is 5.69 Å². The van der Waals surface area contributed by atoms with Crippen LogP contribution in [0.15, 0.2) is 66.7 Å². The van der Waals surface area contributed by atoms with Crippen molar-refractivity contribution in [3.63, 3.8) is 0 Å². The van der Waals surface area contributed by atoms with Crippen LogP contribution in [0.25, 0.3) is 0 Å². The number of nitrogens with one attached hydrogen (secondary N) is 2. The Bertz CT molecular complexity index is 1280. The first-order valence-corrected chi connectivity index (χ1v) is 14.3. The Balaban J connectivity index is 1.26. The molecular formula is C28H34N2O6S. The molecule has 0 bridgehead atoms. The van der Waals surface area contributed by atoms with Gasteiger partial charge >= 0.3 is 0 Å². The molecule has 0 spiro atoms. The first-order chi connectivity index (χ1) is 17.7. The molecule has 9 heteroatoms. The number of anilines is 1. The maximum Gasteiger partial charge on any atom is 0.229 e. The van der Waals surface area contributed by atoms with Crippen LogP contribution < -0.4 is 19.5 Å². The monoisotopic (exact) mass is 526 g/mol. The largest absolute Gasteiger partial charge is 0.508 e. The van der Waals surface area contributed by atoms with E-state index in [0.29, 0.717) is 42.7 Å². The number of aryl methyl sites for hydroxylation is 1. The summed E-state index contributed by atoms with van der Waals surface area (Å²) in [6.45, 7) is 1.22. The van der Waals surface area contributed by atoms with Gasteiger partial charge in [0.15, 0.2) is 0 Å². The first kappa shape index (κ1) is 26.8. The first-order valence-electron chi connectivity index (χ1n) is 12.4. The Morgan fingerprint density at radius 2 is 1.84 bits per heavy atom. The van der Waals surface area contributed by atoms with E-state index in [4.69, 9.17) is 9.47 Å². The van der Waals surface area contributed by atoms with Gasteiger partial charge in [0, 0.05) is 19.0 Å². The summed E-state index contributed by atoms with van der Waals surface area (Å²) in [6, 6.07) is 20.1. The van der Waals surface area contributed by atoms with Gasteiger partial charge in [-0.3, -0.25) is 10.0 Å². The molecule has 4 rings (SSSR count). The zero-order valence-corrected chi connectivity index (χ0v) is 21.7. The summed E-state index contributed by atoms with van der Waals surface area (Å²) in [6.07, 6.45) is 3.59. The van der Waals surface area contributed by atoms with Crippen molar-refractivity contribution in [3.05, 3.63) is 83.4 Å². The molecule has 0 heterocycles. The number of aromatic hydroxyl groups is 1. The van der Waals surface area contributed by atoms with Crippen molar-refractivity contribution in [1.82, 2.24) is 5.32 Å². The fourth-order valence-corrected chi connectivity index (χ4v) is 4.98. The number of phenols is 1. The fourth-order valence-electron chi connectivity index (χ4n) is 4.43. The Labute approximate surface area is 218 Å². The van der Waals surface area contributed by atoms with E-state index in [2.05, 4.69) is 10.0 Å². The van der Waals surface area contributed by atoms with E-state index in [0.717, 1.165) is 31.1 Å². The van der Waals surface area contributed by atoms with Crippen LogP contribution in [-0.2, 0) is 29.5 Å². The van der Waals surface area contributed by atoms with Gasteiger partial charge in [0.2, 0.25) is 10.0 Å². The molecule has 4 N–H and O–H groups in total. The van der Waals surface area contributed by atoms with Crippen LogP contribution in [0.1, 0.15) is 29.5 Å².